The molecule has 2 fully saturated rings. The molecule has 0 bridgehead atoms. The number of hydrogen-bond acceptors (Lipinski definition) is 11. The van der Waals surface area contributed by atoms with Crippen molar-refractivity contribution in [3.05, 3.63) is 35.4 Å². The maximum absolute atomic E-state index is 10.1. The van der Waals surface area contributed by atoms with E-state index < -0.39 is 67.8 Å². The third-order valence-corrected chi connectivity index (χ3v) is 5.69. The van der Waals surface area contributed by atoms with E-state index in [1.807, 2.05) is 0 Å². The summed E-state index contributed by atoms with van der Waals surface area (Å²) in [6.07, 6.45) is -12.8. The molecule has 0 saturated carbocycles. The predicted molar refractivity (Wildman–Crippen MR) is 102 cm³/mol. The third kappa shape index (κ3) is 5.59. The Bertz CT molecular complexity index is 684. The molecule has 31 heavy (non-hydrogen) atoms. The Morgan fingerprint density at radius 1 is 0.645 bits per heavy atom. The van der Waals surface area contributed by atoms with Gasteiger partial charge >= 0.3 is 0 Å². The van der Waals surface area contributed by atoms with Crippen molar-refractivity contribution in [2.75, 3.05) is 13.2 Å². The molecule has 11 nitrogen and oxygen atoms in total. The number of aliphatic hydroxyl groups is 8. The molecule has 11 heteroatoms. The van der Waals surface area contributed by atoms with Gasteiger partial charge in [0, 0.05) is 6.42 Å². The Morgan fingerprint density at radius 3 is 1.84 bits per heavy atom. The van der Waals surface area contributed by atoms with Crippen LogP contribution < -0.4 is 0 Å². The first-order valence-electron chi connectivity index (χ1n) is 10.1. The maximum atomic E-state index is 10.1. The van der Waals surface area contributed by atoms with Crippen LogP contribution in [-0.4, -0.2) is 115 Å². The molecule has 0 radical (unpaired) electrons. The second kappa shape index (κ2) is 10.6. The summed E-state index contributed by atoms with van der Waals surface area (Å²) >= 11 is 0. The first-order valence-corrected chi connectivity index (χ1v) is 10.1. The van der Waals surface area contributed by atoms with Crippen LogP contribution in [0.15, 0.2) is 24.3 Å². The quantitative estimate of drug-likeness (QED) is 0.206. The van der Waals surface area contributed by atoms with Gasteiger partial charge in [-0.2, -0.15) is 0 Å². The molecule has 2 aliphatic heterocycles. The monoisotopic (exact) mass is 446 g/mol. The largest absolute Gasteiger partial charge is 0.394 e. The normalized spacial score (nSPS) is 41.3. The van der Waals surface area contributed by atoms with Gasteiger partial charge in [-0.1, -0.05) is 24.3 Å². The van der Waals surface area contributed by atoms with E-state index >= 15 is 0 Å². The van der Waals surface area contributed by atoms with Crippen molar-refractivity contribution in [2.45, 2.75) is 74.3 Å². The van der Waals surface area contributed by atoms with E-state index in [2.05, 4.69) is 0 Å². The molecule has 0 aliphatic carbocycles. The summed E-state index contributed by atoms with van der Waals surface area (Å²) in [5, 5.41) is 77.7. The molecule has 2 aliphatic rings. The van der Waals surface area contributed by atoms with Gasteiger partial charge < -0.3 is 55.1 Å². The number of ether oxygens (including phenoxy) is 3. The Kier molecular flexibility index (Phi) is 8.35. The molecule has 8 N–H and O–H groups in total. The van der Waals surface area contributed by atoms with Gasteiger partial charge in [0.1, 0.15) is 48.8 Å². The number of benzene rings is 1. The van der Waals surface area contributed by atoms with Crippen LogP contribution in [0.25, 0.3) is 0 Å². The first-order chi connectivity index (χ1) is 14.7. The van der Waals surface area contributed by atoms with Crippen LogP contribution in [0.2, 0.25) is 0 Å². The molecule has 2 saturated heterocycles. The Balaban J connectivity index is 1.49. The zero-order valence-corrected chi connectivity index (χ0v) is 16.7. The lowest BCUT2D eigenvalue weighted by atomic mass is 9.91. The lowest BCUT2D eigenvalue weighted by molar-refractivity contribution is -0.289. The first kappa shape index (κ1) is 24.4. The molecule has 10 atom stereocenters. The molecule has 0 amide bonds. The van der Waals surface area contributed by atoms with Gasteiger partial charge in [0.05, 0.1) is 25.9 Å². The fraction of sp³-hybridized carbons (Fsp3) is 0.700. The predicted octanol–water partition coefficient (Wildman–Crippen LogP) is -3.61. The fourth-order valence-corrected chi connectivity index (χ4v) is 3.71. The molecular weight excluding hydrogens is 416 g/mol. The van der Waals surface area contributed by atoms with Crippen molar-refractivity contribution in [3.63, 3.8) is 0 Å². The minimum atomic E-state index is -1.62. The molecule has 1 aromatic carbocycles. The van der Waals surface area contributed by atoms with E-state index in [0.29, 0.717) is 0 Å². The second-order valence-corrected chi connectivity index (χ2v) is 7.94. The van der Waals surface area contributed by atoms with Crippen molar-refractivity contribution in [1.29, 1.82) is 0 Å². The topological polar surface area (TPSA) is 190 Å². The van der Waals surface area contributed by atoms with E-state index in [1.54, 1.807) is 24.3 Å². The summed E-state index contributed by atoms with van der Waals surface area (Å²) in [5.74, 6) is 0. The molecule has 0 aromatic heterocycles. The second-order valence-electron chi connectivity index (χ2n) is 7.94. The van der Waals surface area contributed by atoms with Gasteiger partial charge in [-0.3, -0.25) is 0 Å². The molecule has 5 unspecified atom stereocenters. The Morgan fingerprint density at radius 2 is 1.19 bits per heavy atom. The van der Waals surface area contributed by atoms with E-state index in [4.69, 9.17) is 14.2 Å². The zero-order valence-electron chi connectivity index (χ0n) is 16.7. The molecule has 2 heterocycles. The minimum absolute atomic E-state index is 0.116. The van der Waals surface area contributed by atoms with E-state index in [0.717, 1.165) is 11.1 Å². The van der Waals surface area contributed by atoms with Gasteiger partial charge in [0.2, 0.25) is 0 Å². The van der Waals surface area contributed by atoms with Gasteiger partial charge in [-0.05, 0) is 11.1 Å². The van der Waals surface area contributed by atoms with Crippen LogP contribution in [-0.2, 0) is 27.2 Å². The minimum Gasteiger partial charge on any atom is -0.394 e. The highest BCUT2D eigenvalue weighted by Gasteiger charge is 2.44. The highest BCUT2D eigenvalue weighted by Crippen LogP contribution is 2.24. The summed E-state index contributed by atoms with van der Waals surface area (Å²) in [5.41, 5.74) is 1.57. The average Bonchev–Trinajstić information content (AvgIpc) is 2.77. The van der Waals surface area contributed by atoms with Crippen molar-refractivity contribution in [3.8, 4) is 0 Å². The van der Waals surface area contributed by atoms with E-state index in [-0.39, 0.29) is 19.6 Å². The summed E-state index contributed by atoms with van der Waals surface area (Å²) in [6, 6.07) is 7.09. The average molecular weight is 446 g/mol. The lowest BCUT2D eigenvalue weighted by Crippen LogP contribution is -2.59. The van der Waals surface area contributed by atoms with Crippen molar-refractivity contribution in [1.82, 2.24) is 0 Å². The fourth-order valence-electron chi connectivity index (χ4n) is 3.71. The number of aliphatic hydroxyl groups excluding tert-OH is 8. The summed E-state index contributed by atoms with van der Waals surface area (Å²) in [7, 11) is 0. The molecular formula is C20H30O11. The smallest absolute Gasteiger partial charge is 0.184 e. The highest BCUT2D eigenvalue weighted by molar-refractivity contribution is 5.23. The standard InChI is InChI=1S/C20H30O11/c21-6-12-15(23)17(25)14(22)11(30-12)5-9-1-3-10(4-2-9)7-29-8-13-16(24)18(26)19(27)20(28)31-13/h1-4,11-28H,5-8H2/t11-,12?,13?,14?,15+,16-,17-,18+,19?,20?/m1/s1. The van der Waals surface area contributed by atoms with Gasteiger partial charge in [-0.15, -0.1) is 0 Å². The molecule has 1 aromatic rings. The lowest BCUT2D eigenvalue weighted by Gasteiger charge is -2.40. The molecule has 176 valence electrons. The summed E-state index contributed by atoms with van der Waals surface area (Å²) < 4.78 is 16.0. The van der Waals surface area contributed by atoms with Crippen LogP contribution in [0.3, 0.4) is 0 Å². The van der Waals surface area contributed by atoms with Crippen LogP contribution in [0, 0.1) is 0 Å². The number of rotatable bonds is 7. The maximum Gasteiger partial charge on any atom is 0.184 e. The van der Waals surface area contributed by atoms with Crippen molar-refractivity contribution < 1.29 is 55.1 Å². The van der Waals surface area contributed by atoms with Crippen LogP contribution in [0.4, 0.5) is 0 Å². The summed E-state index contributed by atoms with van der Waals surface area (Å²) in [4.78, 5) is 0. The van der Waals surface area contributed by atoms with Crippen LogP contribution in [0.5, 0.6) is 0 Å². The van der Waals surface area contributed by atoms with Crippen molar-refractivity contribution in [2.24, 2.45) is 0 Å². The van der Waals surface area contributed by atoms with Crippen LogP contribution in [0.1, 0.15) is 11.1 Å². The van der Waals surface area contributed by atoms with E-state index in [9.17, 15) is 40.9 Å². The Hall–Kier alpha value is -1.22. The van der Waals surface area contributed by atoms with Crippen LogP contribution >= 0.6 is 0 Å². The van der Waals surface area contributed by atoms with Gasteiger partial charge in [0.25, 0.3) is 0 Å². The number of hydrogen-bond donors (Lipinski definition) is 8. The third-order valence-electron chi connectivity index (χ3n) is 5.69. The van der Waals surface area contributed by atoms with Gasteiger partial charge in [0.15, 0.2) is 6.29 Å². The molecule has 3 rings (SSSR count). The zero-order chi connectivity index (χ0) is 22.7. The van der Waals surface area contributed by atoms with Crippen molar-refractivity contribution >= 4 is 0 Å². The highest BCUT2D eigenvalue weighted by atomic mass is 16.6. The van der Waals surface area contributed by atoms with E-state index in [1.165, 1.54) is 0 Å². The SMILES string of the molecule is OCC1O[C@H](Cc2ccc(COCC3OC(O)C(O)[C@@H](O)[C@@H]3O)cc2)C(O)[C@@H](O)[C@H]1O. The molecule has 0 spiro atoms. The summed E-state index contributed by atoms with van der Waals surface area (Å²) in [6.45, 7) is -0.444. The Labute approximate surface area is 178 Å². The van der Waals surface area contributed by atoms with Gasteiger partial charge in [-0.25, -0.2) is 0 Å².